The van der Waals surface area contributed by atoms with Crippen LogP contribution >= 0.6 is 15.9 Å². The number of ether oxygens (including phenoxy) is 1. The van der Waals surface area contributed by atoms with Gasteiger partial charge in [0, 0.05) is 11.6 Å². The van der Waals surface area contributed by atoms with Gasteiger partial charge in [0.1, 0.15) is 0 Å². The molecular weight excluding hydrogens is 264 g/mol. The Hall–Kier alpha value is -0.600. The van der Waals surface area contributed by atoms with Crippen LogP contribution in [0.4, 0.5) is 0 Å². The molecule has 0 saturated carbocycles. The summed E-state index contributed by atoms with van der Waals surface area (Å²) in [6, 6.07) is 8.16. The number of hydrogen-bond donors (Lipinski definition) is 0. The fraction of sp³-hybridized carbons (Fsp3) is 0.429. The topological polar surface area (TPSA) is 9.23 Å². The smallest absolute Gasteiger partial charge is 0.0803 e. The van der Waals surface area contributed by atoms with Gasteiger partial charge >= 0.3 is 0 Å². The highest BCUT2D eigenvalue weighted by atomic mass is 79.9. The minimum Gasteiger partial charge on any atom is -0.377 e. The minimum atomic E-state index is 0.118. The lowest BCUT2D eigenvalue weighted by atomic mass is 9.88. The molecule has 1 unspecified atom stereocenters. The standard InChI is InChI=1S/C14H19BrO/c1-14(2,3)13(16-4)10-9-11-7-5-6-8-12(11)15/h5-10,13H,1-4H3/b10-9+. The highest BCUT2D eigenvalue weighted by Crippen LogP contribution is 2.24. The van der Waals surface area contributed by atoms with E-state index in [1.54, 1.807) is 7.11 Å². The quantitative estimate of drug-likeness (QED) is 0.792. The summed E-state index contributed by atoms with van der Waals surface area (Å²) >= 11 is 3.53. The van der Waals surface area contributed by atoms with E-state index in [1.807, 2.05) is 18.2 Å². The molecule has 0 saturated heterocycles. The van der Waals surface area contributed by atoms with Gasteiger partial charge in [0.05, 0.1) is 6.10 Å². The maximum absolute atomic E-state index is 5.47. The van der Waals surface area contributed by atoms with Crippen LogP contribution in [0.3, 0.4) is 0 Å². The third-order valence-corrected chi connectivity index (χ3v) is 3.19. The average molecular weight is 283 g/mol. The zero-order valence-electron chi connectivity index (χ0n) is 10.3. The molecule has 1 rings (SSSR count). The first-order valence-electron chi connectivity index (χ1n) is 5.40. The maximum Gasteiger partial charge on any atom is 0.0803 e. The van der Waals surface area contributed by atoms with E-state index in [-0.39, 0.29) is 11.5 Å². The number of benzene rings is 1. The Bertz CT molecular complexity index is 363. The summed E-state index contributed by atoms with van der Waals surface area (Å²) < 4.78 is 6.58. The molecule has 0 spiro atoms. The summed E-state index contributed by atoms with van der Waals surface area (Å²) in [5, 5.41) is 0. The van der Waals surface area contributed by atoms with Crippen LogP contribution in [0.1, 0.15) is 26.3 Å². The Morgan fingerprint density at radius 2 is 1.88 bits per heavy atom. The molecule has 88 valence electrons. The van der Waals surface area contributed by atoms with E-state index in [0.717, 1.165) is 4.47 Å². The van der Waals surface area contributed by atoms with Crippen molar-refractivity contribution in [2.24, 2.45) is 5.41 Å². The van der Waals surface area contributed by atoms with E-state index < -0.39 is 0 Å². The van der Waals surface area contributed by atoms with E-state index >= 15 is 0 Å². The van der Waals surface area contributed by atoms with Crippen molar-refractivity contribution in [1.82, 2.24) is 0 Å². The Kier molecular flexibility index (Phi) is 4.75. The SMILES string of the molecule is COC(/C=C/c1ccccc1Br)C(C)(C)C. The van der Waals surface area contributed by atoms with Crippen molar-refractivity contribution in [2.45, 2.75) is 26.9 Å². The summed E-state index contributed by atoms with van der Waals surface area (Å²) in [6.45, 7) is 6.52. The largest absolute Gasteiger partial charge is 0.377 e. The molecule has 0 heterocycles. The first-order valence-corrected chi connectivity index (χ1v) is 6.20. The number of hydrogen-bond acceptors (Lipinski definition) is 1. The Balaban J connectivity index is 2.84. The van der Waals surface area contributed by atoms with Gasteiger partial charge in [0.15, 0.2) is 0 Å². The second-order valence-electron chi connectivity index (χ2n) is 4.90. The van der Waals surface area contributed by atoms with E-state index in [4.69, 9.17) is 4.74 Å². The highest BCUT2D eigenvalue weighted by molar-refractivity contribution is 9.10. The molecule has 0 fully saturated rings. The molecule has 0 amide bonds. The molecule has 1 atom stereocenters. The van der Waals surface area contributed by atoms with Gasteiger partial charge in [-0.3, -0.25) is 0 Å². The second kappa shape index (κ2) is 5.65. The normalized spacial score (nSPS) is 14.3. The van der Waals surface area contributed by atoms with Crippen molar-refractivity contribution < 1.29 is 4.74 Å². The maximum atomic E-state index is 5.47. The van der Waals surface area contributed by atoms with Gasteiger partial charge in [-0.2, -0.15) is 0 Å². The van der Waals surface area contributed by atoms with Crippen LogP contribution < -0.4 is 0 Å². The summed E-state index contributed by atoms with van der Waals surface area (Å²) in [4.78, 5) is 0. The van der Waals surface area contributed by atoms with Gasteiger partial charge in [0.25, 0.3) is 0 Å². The number of rotatable bonds is 3. The lowest BCUT2D eigenvalue weighted by molar-refractivity contribution is 0.0541. The average Bonchev–Trinajstić information content (AvgIpc) is 2.19. The van der Waals surface area contributed by atoms with Crippen LogP contribution in [0.15, 0.2) is 34.8 Å². The van der Waals surface area contributed by atoms with Gasteiger partial charge in [-0.05, 0) is 17.0 Å². The Labute approximate surface area is 107 Å². The summed E-state index contributed by atoms with van der Waals surface area (Å²) in [6.07, 6.45) is 4.34. The van der Waals surface area contributed by atoms with Crippen LogP contribution in [-0.4, -0.2) is 13.2 Å². The van der Waals surface area contributed by atoms with Crippen molar-refractivity contribution >= 4 is 22.0 Å². The van der Waals surface area contributed by atoms with Gasteiger partial charge < -0.3 is 4.74 Å². The summed E-state index contributed by atoms with van der Waals surface area (Å²) in [7, 11) is 1.75. The lowest BCUT2D eigenvalue weighted by Crippen LogP contribution is -2.25. The molecule has 0 bridgehead atoms. The van der Waals surface area contributed by atoms with Gasteiger partial charge in [0.2, 0.25) is 0 Å². The lowest BCUT2D eigenvalue weighted by Gasteiger charge is -2.26. The van der Waals surface area contributed by atoms with E-state index in [2.05, 4.69) is 54.9 Å². The molecule has 0 radical (unpaired) electrons. The Morgan fingerprint density at radius 3 is 2.38 bits per heavy atom. The molecule has 0 N–H and O–H groups in total. The molecule has 0 aromatic heterocycles. The predicted octanol–water partition coefficient (Wildman–Crippen LogP) is 4.52. The summed E-state index contributed by atoms with van der Waals surface area (Å²) in [5.41, 5.74) is 1.29. The molecular formula is C14H19BrO. The van der Waals surface area contributed by atoms with Crippen molar-refractivity contribution in [1.29, 1.82) is 0 Å². The molecule has 0 aliphatic heterocycles. The molecule has 1 nitrogen and oxygen atoms in total. The molecule has 0 aliphatic rings. The van der Waals surface area contributed by atoms with Crippen molar-refractivity contribution in [3.63, 3.8) is 0 Å². The first-order chi connectivity index (χ1) is 7.45. The second-order valence-corrected chi connectivity index (χ2v) is 5.76. The first kappa shape index (κ1) is 13.5. The zero-order chi connectivity index (χ0) is 12.2. The van der Waals surface area contributed by atoms with Crippen LogP contribution in [0, 0.1) is 5.41 Å². The van der Waals surface area contributed by atoms with Crippen molar-refractivity contribution in [3.8, 4) is 0 Å². The number of halogens is 1. The van der Waals surface area contributed by atoms with E-state index in [1.165, 1.54) is 5.56 Å². The summed E-state index contributed by atoms with van der Waals surface area (Å²) in [5.74, 6) is 0. The molecule has 2 heteroatoms. The van der Waals surface area contributed by atoms with Crippen LogP contribution in [0.25, 0.3) is 6.08 Å². The zero-order valence-corrected chi connectivity index (χ0v) is 11.9. The van der Waals surface area contributed by atoms with Gasteiger partial charge in [-0.1, -0.05) is 67.1 Å². The fourth-order valence-corrected chi connectivity index (χ4v) is 1.94. The minimum absolute atomic E-state index is 0.118. The monoisotopic (exact) mass is 282 g/mol. The highest BCUT2D eigenvalue weighted by Gasteiger charge is 2.21. The third kappa shape index (κ3) is 3.76. The van der Waals surface area contributed by atoms with E-state index in [0.29, 0.717) is 0 Å². The van der Waals surface area contributed by atoms with Crippen LogP contribution in [0.5, 0.6) is 0 Å². The van der Waals surface area contributed by atoms with Crippen molar-refractivity contribution in [3.05, 3.63) is 40.4 Å². The predicted molar refractivity (Wildman–Crippen MR) is 73.4 cm³/mol. The van der Waals surface area contributed by atoms with Crippen LogP contribution in [-0.2, 0) is 4.74 Å². The van der Waals surface area contributed by atoms with E-state index in [9.17, 15) is 0 Å². The fourth-order valence-electron chi connectivity index (χ4n) is 1.52. The number of methoxy groups -OCH3 is 1. The van der Waals surface area contributed by atoms with Crippen LogP contribution in [0.2, 0.25) is 0 Å². The van der Waals surface area contributed by atoms with Crippen molar-refractivity contribution in [2.75, 3.05) is 7.11 Å². The third-order valence-electron chi connectivity index (χ3n) is 2.46. The van der Waals surface area contributed by atoms with Gasteiger partial charge in [-0.15, -0.1) is 0 Å². The molecule has 1 aromatic carbocycles. The molecule has 0 aliphatic carbocycles. The molecule has 16 heavy (non-hydrogen) atoms. The molecule has 1 aromatic rings. The Morgan fingerprint density at radius 1 is 1.25 bits per heavy atom. The van der Waals surface area contributed by atoms with Gasteiger partial charge in [-0.25, -0.2) is 0 Å².